The third kappa shape index (κ3) is 14.6. The summed E-state index contributed by atoms with van der Waals surface area (Å²) in [5.41, 5.74) is 4.89. The van der Waals surface area contributed by atoms with E-state index >= 15 is 0 Å². The maximum atomic E-state index is 14.1. The number of nitriles is 2. The van der Waals surface area contributed by atoms with E-state index in [1.54, 1.807) is 18.2 Å². The number of nitrogens with zero attached hydrogens (tertiary/aromatic N) is 5. The van der Waals surface area contributed by atoms with Crippen LogP contribution >= 0.6 is 7.82 Å². The van der Waals surface area contributed by atoms with Crippen molar-refractivity contribution < 1.29 is 42.6 Å². The van der Waals surface area contributed by atoms with Gasteiger partial charge in [0.05, 0.1) is 36.6 Å². The summed E-state index contributed by atoms with van der Waals surface area (Å²) in [4.78, 5) is 14.6. The van der Waals surface area contributed by atoms with Crippen molar-refractivity contribution in [1.29, 1.82) is 10.5 Å². The predicted octanol–water partition coefficient (Wildman–Crippen LogP) is 8.53. The quantitative estimate of drug-likeness (QED) is 0.0381. The minimum absolute atomic E-state index is 0.0715. The van der Waals surface area contributed by atoms with Crippen LogP contribution in [0.15, 0.2) is 36.7 Å². The van der Waals surface area contributed by atoms with E-state index in [-0.39, 0.29) is 30.3 Å². The van der Waals surface area contributed by atoms with E-state index in [0.717, 1.165) is 31.7 Å². The first-order chi connectivity index (χ1) is 28.0. The van der Waals surface area contributed by atoms with Gasteiger partial charge in [-0.25, -0.2) is 18.5 Å². The number of aliphatic hydroxyl groups excluding tert-OH is 2. The Kier molecular flexibility index (Phi) is 20.0. The molecular weight excluding hydrogens is 766 g/mol. The highest BCUT2D eigenvalue weighted by Crippen LogP contribution is 2.48. The number of ether oxygens (including phenoxy) is 2. The Morgan fingerprint density at radius 1 is 0.931 bits per heavy atom. The third-order valence-corrected chi connectivity index (χ3v) is 11.7. The van der Waals surface area contributed by atoms with Crippen molar-refractivity contribution in [3.8, 4) is 12.1 Å². The Bertz CT molecular complexity index is 1820. The molecular formula is C42H62FN6O8P. The molecule has 0 spiro atoms. The fourth-order valence-electron chi connectivity index (χ4n) is 7.37. The minimum Gasteiger partial charge on any atom is -0.387 e. The highest BCUT2D eigenvalue weighted by molar-refractivity contribution is 7.47. The molecule has 1 saturated heterocycles. The maximum Gasteiger partial charge on any atom is 0.472 e. The van der Waals surface area contributed by atoms with Crippen LogP contribution in [0.25, 0.3) is 5.52 Å². The zero-order valence-electron chi connectivity index (χ0n) is 33.9. The monoisotopic (exact) mass is 828 g/mol. The van der Waals surface area contributed by atoms with E-state index in [9.17, 15) is 34.6 Å². The van der Waals surface area contributed by atoms with Crippen LogP contribution in [0.4, 0.5) is 10.2 Å². The lowest BCUT2D eigenvalue weighted by Crippen LogP contribution is -2.45. The van der Waals surface area contributed by atoms with Gasteiger partial charge in [-0.05, 0) is 42.3 Å². The molecule has 4 rings (SSSR count). The number of nitrogens with two attached hydrogens (primary N) is 1. The molecule has 1 aliphatic heterocycles. The molecule has 1 fully saturated rings. The summed E-state index contributed by atoms with van der Waals surface area (Å²) >= 11 is 0. The van der Waals surface area contributed by atoms with Gasteiger partial charge >= 0.3 is 7.82 Å². The van der Waals surface area contributed by atoms with Gasteiger partial charge in [0.1, 0.15) is 48.6 Å². The highest BCUT2D eigenvalue weighted by Gasteiger charge is 2.57. The predicted molar refractivity (Wildman–Crippen MR) is 216 cm³/mol. The van der Waals surface area contributed by atoms with Crippen LogP contribution in [-0.2, 0) is 29.7 Å². The number of halogens is 1. The lowest BCUT2D eigenvalue weighted by atomic mass is 9.96. The molecule has 0 amide bonds. The van der Waals surface area contributed by atoms with Crippen molar-refractivity contribution in [2.75, 3.05) is 18.9 Å². The van der Waals surface area contributed by atoms with Gasteiger partial charge in [-0.2, -0.15) is 15.6 Å². The third-order valence-electron chi connectivity index (χ3n) is 10.8. The van der Waals surface area contributed by atoms with Crippen molar-refractivity contribution in [2.24, 2.45) is 0 Å². The average molecular weight is 829 g/mol. The number of unbranched alkanes of at least 4 members (excludes halogenated alkanes) is 17. The van der Waals surface area contributed by atoms with E-state index in [1.807, 2.05) is 6.07 Å². The Balaban J connectivity index is 1.21. The Morgan fingerprint density at radius 2 is 1.53 bits per heavy atom. The Hall–Kier alpha value is -3.50. The number of aromatic nitrogens is 3. The number of aliphatic hydroxyl groups is 2. The number of hydrogen-bond acceptors (Lipinski definition) is 12. The van der Waals surface area contributed by atoms with Crippen LogP contribution < -0.4 is 5.73 Å². The van der Waals surface area contributed by atoms with Gasteiger partial charge in [-0.1, -0.05) is 122 Å². The topological polar surface area (TPSA) is 218 Å². The molecule has 0 radical (unpaired) electrons. The largest absolute Gasteiger partial charge is 0.472 e. The van der Waals surface area contributed by atoms with Crippen LogP contribution in [0.2, 0.25) is 0 Å². The van der Waals surface area contributed by atoms with E-state index in [4.69, 9.17) is 24.3 Å². The molecule has 6 atom stereocenters. The number of phosphoric acid groups is 1. The zero-order chi connectivity index (χ0) is 41.8. The first-order valence-corrected chi connectivity index (χ1v) is 22.5. The van der Waals surface area contributed by atoms with Gasteiger partial charge in [0.2, 0.25) is 5.60 Å². The maximum absolute atomic E-state index is 14.1. The molecule has 320 valence electrons. The molecule has 2 aromatic heterocycles. The van der Waals surface area contributed by atoms with Gasteiger partial charge < -0.3 is 30.3 Å². The summed E-state index contributed by atoms with van der Waals surface area (Å²) < 4.78 is 50.9. The number of anilines is 1. The molecule has 0 saturated carbocycles. The van der Waals surface area contributed by atoms with Crippen LogP contribution in [0.1, 0.15) is 152 Å². The Labute approximate surface area is 342 Å². The fraction of sp³-hybridized carbons (Fsp3) is 0.667. The number of nitrogen functional groups attached to an aromatic ring is 1. The van der Waals surface area contributed by atoms with Gasteiger partial charge in [-0.15, -0.1) is 0 Å². The molecule has 1 aliphatic rings. The molecule has 3 aromatic rings. The number of fused-ring (bicyclic) bond motifs is 1. The van der Waals surface area contributed by atoms with Crippen molar-refractivity contribution in [3.63, 3.8) is 0 Å². The molecule has 3 heterocycles. The van der Waals surface area contributed by atoms with Crippen LogP contribution in [-0.4, -0.2) is 66.8 Å². The molecule has 5 N–H and O–H groups in total. The van der Waals surface area contributed by atoms with Crippen molar-refractivity contribution in [1.82, 2.24) is 14.6 Å². The zero-order valence-corrected chi connectivity index (χ0v) is 34.7. The summed E-state index contributed by atoms with van der Waals surface area (Å²) in [5, 5.41) is 45.2. The molecule has 0 bridgehead atoms. The van der Waals surface area contributed by atoms with Crippen LogP contribution in [0, 0.1) is 28.5 Å². The van der Waals surface area contributed by atoms with Crippen molar-refractivity contribution in [3.05, 3.63) is 59.3 Å². The van der Waals surface area contributed by atoms with E-state index in [2.05, 4.69) is 17.0 Å². The molecule has 1 aromatic carbocycles. The smallest absolute Gasteiger partial charge is 0.387 e. The van der Waals surface area contributed by atoms with Gasteiger partial charge in [0.25, 0.3) is 0 Å². The Morgan fingerprint density at radius 3 is 2.12 bits per heavy atom. The SMILES string of the molecule is CCCCCCCCCCCCCCCCCCCC[C@H](COP(=O)(O)OC[C@@]1(C#N)OC(c2ccc3c(N)ncnn23)[C@H](O)[C@@H]1O)OCc1cc(F)cc(C#N)c1. The normalized spacial score (nSPS) is 20.8. The minimum atomic E-state index is -4.87. The molecule has 2 unspecified atom stereocenters. The average Bonchev–Trinajstić information content (AvgIpc) is 3.76. The number of benzene rings is 1. The van der Waals surface area contributed by atoms with Crippen LogP contribution in [0.3, 0.4) is 0 Å². The molecule has 16 heteroatoms. The number of hydrogen-bond donors (Lipinski definition) is 4. The van der Waals surface area contributed by atoms with E-state index in [0.29, 0.717) is 17.5 Å². The van der Waals surface area contributed by atoms with Gasteiger partial charge in [0, 0.05) is 0 Å². The van der Waals surface area contributed by atoms with Crippen molar-refractivity contribution in [2.45, 2.75) is 166 Å². The standard InChI is InChI=1S/C42H62FN6O8P/c1-2-3-4-5-6-7-8-9-10-11-12-13-14-15-16-17-18-19-20-35(54-27-33-23-32(26-44)24-34(43)25-33)28-55-58(52,53)56-30-42(29-45)40(51)38(50)39(57-42)36-21-22-37-41(46)47-31-48-49(36)37/h21-25,31,35,38-40,50-51H,2-20,27-28,30H2,1H3,(H,52,53)(H2,46,47,48)/t35-,38+,39?,40+,42-/m1/s1. The van der Waals surface area contributed by atoms with E-state index < -0.39 is 50.3 Å². The highest BCUT2D eigenvalue weighted by atomic mass is 31.2. The summed E-state index contributed by atoms with van der Waals surface area (Å²) in [6.45, 7) is 0.887. The lowest BCUT2D eigenvalue weighted by Gasteiger charge is -2.26. The van der Waals surface area contributed by atoms with Gasteiger partial charge in [-0.3, -0.25) is 9.05 Å². The summed E-state index contributed by atoms with van der Waals surface area (Å²) in [5.74, 6) is -0.423. The number of rotatable bonds is 29. The second kappa shape index (κ2) is 24.6. The summed E-state index contributed by atoms with van der Waals surface area (Å²) in [6.07, 6.45) is 18.5. The van der Waals surface area contributed by atoms with E-state index in [1.165, 1.54) is 113 Å². The summed E-state index contributed by atoms with van der Waals surface area (Å²) in [6, 6.07) is 10.7. The molecule has 14 nitrogen and oxygen atoms in total. The second-order valence-electron chi connectivity index (χ2n) is 15.4. The molecule has 0 aliphatic carbocycles. The number of phosphoric ester groups is 1. The fourth-order valence-corrected chi connectivity index (χ4v) is 8.15. The molecule has 58 heavy (non-hydrogen) atoms. The van der Waals surface area contributed by atoms with Gasteiger partial charge in [0.15, 0.2) is 5.82 Å². The first-order valence-electron chi connectivity index (χ1n) is 21.0. The lowest BCUT2D eigenvalue weighted by molar-refractivity contribution is -0.0763. The van der Waals surface area contributed by atoms with Crippen molar-refractivity contribution >= 4 is 19.2 Å². The second-order valence-corrected chi connectivity index (χ2v) is 16.9. The summed E-state index contributed by atoms with van der Waals surface area (Å²) in [7, 11) is -4.87. The van der Waals surface area contributed by atoms with Crippen LogP contribution in [0.5, 0.6) is 0 Å². The first kappa shape index (κ1) is 47.2.